The Morgan fingerprint density at radius 3 is 1.36 bits per heavy atom. The summed E-state index contributed by atoms with van der Waals surface area (Å²) in [5.41, 5.74) is 17.9. The molecule has 2 aliphatic rings. The fourth-order valence-electron chi connectivity index (χ4n) is 9.76. The Labute approximate surface area is 343 Å². The number of ether oxygens (including phenoxy) is 1. The quantitative estimate of drug-likeness (QED) is 0.168. The molecule has 10 aromatic rings. The first-order chi connectivity index (χ1) is 29.3. The maximum atomic E-state index is 6.73. The van der Waals surface area contributed by atoms with E-state index >= 15 is 0 Å². The van der Waals surface area contributed by atoms with Crippen molar-refractivity contribution in [3.63, 3.8) is 0 Å². The van der Waals surface area contributed by atoms with Crippen molar-refractivity contribution in [3.8, 4) is 55.9 Å². The van der Waals surface area contributed by atoms with E-state index in [4.69, 9.17) is 4.74 Å². The van der Waals surface area contributed by atoms with Crippen molar-refractivity contribution in [1.82, 2.24) is 4.57 Å². The molecule has 3 heterocycles. The van der Waals surface area contributed by atoms with Crippen LogP contribution in [-0.4, -0.2) is 4.57 Å². The third kappa shape index (κ3) is 5.28. The first kappa shape index (κ1) is 33.5. The molecule has 2 aliphatic heterocycles. The maximum Gasteiger partial charge on any atom is 0.151 e. The number of hydrogen-bond acceptors (Lipinski definition) is 2. The molecule has 0 aliphatic carbocycles. The zero-order valence-corrected chi connectivity index (χ0v) is 32.2. The van der Waals surface area contributed by atoms with E-state index in [1.165, 1.54) is 72.1 Å². The molecule has 0 radical (unpaired) electrons. The van der Waals surface area contributed by atoms with Gasteiger partial charge < -0.3 is 14.2 Å². The van der Waals surface area contributed by atoms with Crippen LogP contribution in [0.4, 0.5) is 11.4 Å². The molecular weight excluding hydrogens is 717 g/mol. The summed E-state index contributed by atoms with van der Waals surface area (Å²) in [4.78, 5) is 2.52. The standard InChI is InChI=1S/C56H38N2O/c1-3-17-37(18-4-1)41-21-7-9-23-43(41)39-31-33-50-47(35-39)48-36-40(44-24-10-8-22-42(44)38-19-5-2-6-20-38)32-34-51(48)57(50)52-28-14-15-29-53(52)58-49-27-13-11-25-45(49)56-55(58)46-26-12-16-30-54(46)59-56/h1-36,55-56H. The predicted octanol–water partition coefficient (Wildman–Crippen LogP) is 14.8. The van der Waals surface area contributed by atoms with Gasteiger partial charge in [0.2, 0.25) is 0 Å². The first-order valence-electron chi connectivity index (χ1n) is 20.4. The molecule has 3 nitrogen and oxygen atoms in total. The Morgan fingerprint density at radius 2 is 0.780 bits per heavy atom. The van der Waals surface area contributed by atoms with Gasteiger partial charge in [0.15, 0.2) is 6.10 Å². The molecule has 3 heteroatoms. The second kappa shape index (κ2) is 13.5. The van der Waals surface area contributed by atoms with Gasteiger partial charge in [0.1, 0.15) is 11.8 Å². The molecule has 278 valence electrons. The van der Waals surface area contributed by atoms with Crippen LogP contribution in [0.15, 0.2) is 218 Å². The molecule has 0 fully saturated rings. The van der Waals surface area contributed by atoms with Gasteiger partial charge in [-0.1, -0.05) is 170 Å². The van der Waals surface area contributed by atoms with Crippen LogP contribution in [0.25, 0.3) is 72.0 Å². The highest BCUT2D eigenvalue weighted by Crippen LogP contribution is 2.59. The number of aromatic nitrogens is 1. The predicted molar refractivity (Wildman–Crippen MR) is 244 cm³/mol. The summed E-state index contributed by atoms with van der Waals surface area (Å²) in [6.45, 7) is 0. The van der Waals surface area contributed by atoms with Crippen molar-refractivity contribution in [2.45, 2.75) is 12.1 Å². The fourth-order valence-corrected chi connectivity index (χ4v) is 9.76. The van der Waals surface area contributed by atoms with Crippen LogP contribution in [-0.2, 0) is 0 Å². The van der Waals surface area contributed by atoms with Crippen LogP contribution in [0.3, 0.4) is 0 Å². The Balaban J connectivity index is 1.11. The zero-order valence-electron chi connectivity index (χ0n) is 32.2. The second-order valence-electron chi connectivity index (χ2n) is 15.6. The molecule has 12 rings (SSSR count). The Bertz CT molecular complexity index is 3080. The van der Waals surface area contributed by atoms with E-state index in [2.05, 4.69) is 228 Å². The van der Waals surface area contributed by atoms with Crippen LogP contribution in [0.1, 0.15) is 23.3 Å². The molecule has 59 heavy (non-hydrogen) atoms. The molecule has 0 N–H and O–H groups in total. The van der Waals surface area contributed by atoms with Crippen molar-refractivity contribution in [2.24, 2.45) is 0 Å². The number of rotatable bonds is 6. The zero-order chi connectivity index (χ0) is 38.9. The van der Waals surface area contributed by atoms with Crippen LogP contribution >= 0.6 is 0 Å². The third-order valence-electron chi connectivity index (χ3n) is 12.4. The van der Waals surface area contributed by atoms with Gasteiger partial charge in [-0.3, -0.25) is 0 Å². The molecule has 9 aromatic carbocycles. The topological polar surface area (TPSA) is 17.4 Å². The summed E-state index contributed by atoms with van der Waals surface area (Å²) in [5, 5.41) is 2.42. The van der Waals surface area contributed by atoms with E-state index in [0.29, 0.717) is 0 Å². The Kier molecular flexibility index (Phi) is 7.67. The number of para-hydroxylation sites is 4. The van der Waals surface area contributed by atoms with E-state index in [-0.39, 0.29) is 12.1 Å². The van der Waals surface area contributed by atoms with E-state index < -0.39 is 0 Å². The number of fused-ring (bicyclic) bond motifs is 8. The Hall–Kier alpha value is -7.62. The van der Waals surface area contributed by atoms with Crippen LogP contribution < -0.4 is 9.64 Å². The third-order valence-corrected chi connectivity index (χ3v) is 12.4. The van der Waals surface area contributed by atoms with Crippen molar-refractivity contribution in [1.29, 1.82) is 0 Å². The number of anilines is 2. The van der Waals surface area contributed by atoms with Crippen molar-refractivity contribution in [2.75, 3.05) is 4.90 Å². The first-order valence-corrected chi connectivity index (χ1v) is 20.4. The molecule has 0 amide bonds. The van der Waals surface area contributed by atoms with E-state index in [9.17, 15) is 0 Å². The summed E-state index contributed by atoms with van der Waals surface area (Å²) in [6.07, 6.45) is -0.0886. The molecule has 0 spiro atoms. The van der Waals surface area contributed by atoms with Gasteiger partial charge in [0.25, 0.3) is 0 Å². The summed E-state index contributed by atoms with van der Waals surface area (Å²) in [7, 11) is 0. The second-order valence-corrected chi connectivity index (χ2v) is 15.6. The van der Waals surface area contributed by atoms with Gasteiger partial charge in [0.05, 0.1) is 22.4 Å². The lowest BCUT2D eigenvalue weighted by atomic mass is 9.92. The van der Waals surface area contributed by atoms with E-state index in [0.717, 1.165) is 28.2 Å². The highest BCUT2D eigenvalue weighted by molar-refractivity contribution is 6.12. The summed E-state index contributed by atoms with van der Waals surface area (Å²) in [6, 6.07) is 79.3. The Morgan fingerprint density at radius 1 is 0.339 bits per heavy atom. The summed E-state index contributed by atoms with van der Waals surface area (Å²) in [5.74, 6) is 0.961. The minimum absolute atomic E-state index is 0.0139. The summed E-state index contributed by atoms with van der Waals surface area (Å²) >= 11 is 0. The minimum Gasteiger partial charge on any atom is -0.483 e. The monoisotopic (exact) mass is 754 g/mol. The van der Waals surface area contributed by atoms with Crippen molar-refractivity contribution < 1.29 is 4.74 Å². The fraction of sp³-hybridized carbons (Fsp3) is 0.0357. The summed E-state index contributed by atoms with van der Waals surface area (Å²) < 4.78 is 9.21. The number of benzene rings is 9. The number of hydrogen-bond donors (Lipinski definition) is 0. The average molecular weight is 755 g/mol. The SMILES string of the molecule is c1ccc(-c2ccccc2-c2ccc3c(c2)c2cc(-c4ccccc4-c4ccccc4)ccc2n3-c2ccccc2N2c3ccccc3C3Oc4ccccc4C32)cc1. The minimum atomic E-state index is -0.0886. The molecule has 0 saturated heterocycles. The molecule has 2 atom stereocenters. The largest absolute Gasteiger partial charge is 0.483 e. The lowest BCUT2D eigenvalue weighted by molar-refractivity contribution is 0.223. The normalized spacial score (nSPS) is 15.2. The lowest BCUT2D eigenvalue weighted by Crippen LogP contribution is -2.21. The molecular formula is C56H38N2O. The number of nitrogens with zero attached hydrogens (tertiary/aromatic N) is 2. The molecule has 0 saturated carbocycles. The molecule has 1 aromatic heterocycles. The van der Waals surface area contributed by atoms with Crippen LogP contribution in [0.5, 0.6) is 5.75 Å². The van der Waals surface area contributed by atoms with Crippen LogP contribution in [0, 0.1) is 0 Å². The lowest BCUT2D eigenvalue weighted by Gasteiger charge is -2.29. The van der Waals surface area contributed by atoms with Gasteiger partial charge in [-0.25, -0.2) is 0 Å². The smallest absolute Gasteiger partial charge is 0.151 e. The molecule has 0 bridgehead atoms. The van der Waals surface area contributed by atoms with Gasteiger partial charge in [-0.05, 0) is 93.0 Å². The highest BCUT2D eigenvalue weighted by atomic mass is 16.5. The van der Waals surface area contributed by atoms with Gasteiger partial charge in [-0.2, -0.15) is 0 Å². The molecule has 2 unspecified atom stereocenters. The highest BCUT2D eigenvalue weighted by Gasteiger charge is 2.47. The van der Waals surface area contributed by atoms with Crippen molar-refractivity contribution >= 4 is 33.2 Å². The van der Waals surface area contributed by atoms with Gasteiger partial charge in [0, 0.05) is 27.6 Å². The van der Waals surface area contributed by atoms with Crippen LogP contribution in [0.2, 0.25) is 0 Å². The van der Waals surface area contributed by atoms with Gasteiger partial charge >= 0.3 is 0 Å². The van der Waals surface area contributed by atoms with E-state index in [1.54, 1.807) is 0 Å². The van der Waals surface area contributed by atoms with Gasteiger partial charge in [-0.15, -0.1) is 0 Å². The maximum absolute atomic E-state index is 6.73. The average Bonchev–Trinajstić information content (AvgIpc) is 3.96. The van der Waals surface area contributed by atoms with Crippen molar-refractivity contribution in [3.05, 3.63) is 230 Å². The van der Waals surface area contributed by atoms with E-state index in [1.807, 2.05) is 0 Å².